The molecule has 5 nitrogen and oxygen atoms in total. The molecule has 1 atom stereocenters. The molecule has 0 aromatic heterocycles. The second-order valence-corrected chi connectivity index (χ2v) is 4.66. The highest BCUT2D eigenvalue weighted by molar-refractivity contribution is 5.78. The van der Waals surface area contributed by atoms with Gasteiger partial charge in [0.2, 0.25) is 5.91 Å². The van der Waals surface area contributed by atoms with Crippen LogP contribution in [0.3, 0.4) is 0 Å². The van der Waals surface area contributed by atoms with Crippen molar-refractivity contribution in [2.45, 2.75) is 6.92 Å². The standard InChI is InChI=1S/C14H23N3O2/c1-11(14(18)16-2)10-17(3)8-9-19-13-7-5-4-6-12(13)15/h4-7,11H,8-10,15H2,1-3H3,(H,16,18). The third kappa shape index (κ3) is 5.18. The van der Waals surface area contributed by atoms with Gasteiger partial charge >= 0.3 is 0 Å². The van der Waals surface area contributed by atoms with Crippen LogP contribution in [0, 0.1) is 5.92 Å². The number of carbonyl (C=O) groups is 1. The summed E-state index contributed by atoms with van der Waals surface area (Å²) >= 11 is 0. The van der Waals surface area contributed by atoms with Crippen LogP contribution in [0.15, 0.2) is 24.3 Å². The number of carbonyl (C=O) groups excluding carboxylic acids is 1. The van der Waals surface area contributed by atoms with Gasteiger partial charge in [0, 0.05) is 26.1 Å². The van der Waals surface area contributed by atoms with E-state index in [1.54, 1.807) is 7.05 Å². The van der Waals surface area contributed by atoms with E-state index in [1.165, 1.54) is 0 Å². The van der Waals surface area contributed by atoms with E-state index in [1.807, 2.05) is 38.2 Å². The Morgan fingerprint density at radius 3 is 2.79 bits per heavy atom. The molecule has 1 unspecified atom stereocenters. The van der Waals surface area contributed by atoms with Gasteiger partial charge < -0.3 is 20.7 Å². The van der Waals surface area contributed by atoms with Gasteiger partial charge in [0.25, 0.3) is 0 Å². The molecule has 0 aliphatic rings. The normalized spacial score (nSPS) is 12.2. The molecule has 0 spiro atoms. The molecule has 0 fully saturated rings. The van der Waals surface area contributed by atoms with Crippen LogP contribution < -0.4 is 15.8 Å². The molecule has 0 aliphatic heterocycles. The summed E-state index contributed by atoms with van der Waals surface area (Å²) in [6.07, 6.45) is 0. The van der Waals surface area contributed by atoms with Crippen LogP contribution in [-0.4, -0.2) is 44.6 Å². The van der Waals surface area contributed by atoms with Gasteiger partial charge in [-0.1, -0.05) is 19.1 Å². The van der Waals surface area contributed by atoms with E-state index in [4.69, 9.17) is 10.5 Å². The van der Waals surface area contributed by atoms with Crippen LogP contribution in [0.1, 0.15) is 6.92 Å². The third-order valence-corrected chi connectivity index (χ3v) is 2.93. The summed E-state index contributed by atoms with van der Waals surface area (Å²) in [4.78, 5) is 13.5. The first-order chi connectivity index (χ1) is 9.04. The monoisotopic (exact) mass is 265 g/mol. The second kappa shape index (κ2) is 7.63. The maximum Gasteiger partial charge on any atom is 0.223 e. The number of rotatable bonds is 7. The first kappa shape index (κ1) is 15.3. The summed E-state index contributed by atoms with van der Waals surface area (Å²) in [6.45, 7) is 3.90. The molecule has 0 bridgehead atoms. The van der Waals surface area contributed by atoms with Gasteiger partial charge in [0.1, 0.15) is 12.4 Å². The molecule has 1 amide bonds. The summed E-state index contributed by atoms with van der Waals surface area (Å²) < 4.78 is 5.61. The third-order valence-electron chi connectivity index (χ3n) is 2.93. The summed E-state index contributed by atoms with van der Waals surface area (Å²) in [5, 5.41) is 2.65. The summed E-state index contributed by atoms with van der Waals surface area (Å²) in [5.41, 5.74) is 6.43. The van der Waals surface area contributed by atoms with E-state index in [-0.39, 0.29) is 11.8 Å². The van der Waals surface area contributed by atoms with Crippen molar-refractivity contribution in [3.8, 4) is 5.75 Å². The van der Waals surface area contributed by atoms with Gasteiger partial charge in [-0.15, -0.1) is 0 Å². The minimum absolute atomic E-state index is 0.0307. The molecule has 0 saturated heterocycles. The zero-order chi connectivity index (χ0) is 14.3. The van der Waals surface area contributed by atoms with Crippen molar-refractivity contribution in [1.29, 1.82) is 0 Å². The first-order valence-corrected chi connectivity index (χ1v) is 6.42. The van der Waals surface area contributed by atoms with Crippen LogP contribution >= 0.6 is 0 Å². The van der Waals surface area contributed by atoms with Crippen LogP contribution in [0.5, 0.6) is 5.75 Å². The molecular weight excluding hydrogens is 242 g/mol. The van der Waals surface area contributed by atoms with Crippen LogP contribution in [0.25, 0.3) is 0 Å². The lowest BCUT2D eigenvalue weighted by atomic mass is 10.1. The molecule has 5 heteroatoms. The number of nitrogens with one attached hydrogen (secondary N) is 1. The summed E-state index contributed by atoms with van der Waals surface area (Å²) in [7, 11) is 3.62. The molecule has 19 heavy (non-hydrogen) atoms. The van der Waals surface area contributed by atoms with Crippen LogP contribution in [-0.2, 0) is 4.79 Å². The Kier molecular flexibility index (Phi) is 6.15. The zero-order valence-corrected chi connectivity index (χ0v) is 11.8. The maximum absolute atomic E-state index is 11.4. The average Bonchev–Trinajstić information content (AvgIpc) is 2.40. The van der Waals surface area contributed by atoms with E-state index >= 15 is 0 Å². The average molecular weight is 265 g/mol. The fraction of sp³-hybridized carbons (Fsp3) is 0.500. The highest BCUT2D eigenvalue weighted by Crippen LogP contribution is 2.19. The molecule has 0 radical (unpaired) electrons. The number of anilines is 1. The molecule has 1 aromatic rings. The summed E-state index contributed by atoms with van der Waals surface area (Å²) in [5.74, 6) is 0.729. The van der Waals surface area contributed by atoms with Crippen molar-refractivity contribution in [3.05, 3.63) is 24.3 Å². The van der Waals surface area contributed by atoms with E-state index in [2.05, 4.69) is 10.2 Å². The quantitative estimate of drug-likeness (QED) is 0.721. The van der Waals surface area contributed by atoms with Gasteiger partial charge in [-0.2, -0.15) is 0 Å². The minimum Gasteiger partial charge on any atom is -0.490 e. The van der Waals surface area contributed by atoms with Crippen LogP contribution in [0.2, 0.25) is 0 Å². The van der Waals surface area contributed by atoms with Gasteiger partial charge in [-0.25, -0.2) is 0 Å². The number of nitrogens with two attached hydrogens (primary N) is 1. The molecule has 1 rings (SSSR count). The highest BCUT2D eigenvalue weighted by atomic mass is 16.5. The van der Waals surface area contributed by atoms with E-state index < -0.39 is 0 Å². The van der Waals surface area contributed by atoms with Gasteiger partial charge in [0.05, 0.1) is 5.69 Å². The number of hydrogen-bond donors (Lipinski definition) is 2. The van der Waals surface area contributed by atoms with Crippen molar-refractivity contribution >= 4 is 11.6 Å². The van der Waals surface area contributed by atoms with Gasteiger partial charge in [0.15, 0.2) is 0 Å². The van der Waals surface area contributed by atoms with Gasteiger partial charge in [-0.05, 0) is 19.2 Å². The largest absolute Gasteiger partial charge is 0.490 e. The number of amides is 1. The van der Waals surface area contributed by atoms with Crippen molar-refractivity contribution in [2.24, 2.45) is 5.92 Å². The van der Waals surface area contributed by atoms with E-state index in [9.17, 15) is 4.79 Å². The second-order valence-electron chi connectivity index (χ2n) is 4.66. The summed E-state index contributed by atoms with van der Waals surface area (Å²) in [6, 6.07) is 7.43. The number of nitrogens with zero attached hydrogens (tertiary/aromatic N) is 1. The Morgan fingerprint density at radius 2 is 2.16 bits per heavy atom. The molecule has 106 valence electrons. The topological polar surface area (TPSA) is 67.6 Å². The SMILES string of the molecule is CNC(=O)C(C)CN(C)CCOc1ccccc1N. The van der Waals surface area contributed by atoms with Crippen molar-refractivity contribution in [3.63, 3.8) is 0 Å². The predicted octanol–water partition coefficient (Wildman–Crippen LogP) is 0.962. The Morgan fingerprint density at radius 1 is 1.47 bits per heavy atom. The van der Waals surface area contributed by atoms with Crippen LogP contribution in [0.4, 0.5) is 5.69 Å². The molecule has 0 saturated carbocycles. The number of para-hydroxylation sites is 2. The van der Waals surface area contributed by atoms with E-state index in [0.29, 0.717) is 24.6 Å². The predicted molar refractivity (Wildman–Crippen MR) is 77.1 cm³/mol. The Hall–Kier alpha value is -1.75. The molecule has 3 N–H and O–H groups in total. The first-order valence-electron chi connectivity index (χ1n) is 6.42. The number of ether oxygens (including phenoxy) is 1. The minimum atomic E-state index is -0.0307. The van der Waals surface area contributed by atoms with Crippen molar-refractivity contribution in [1.82, 2.24) is 10.2 Å². The lowest BCUT2D eigenvalue weighted by Crippen LogP contribution is -2.36. The van der Waals surface area contributed by atoms with Crippen molar-refractivity contribution < 1.29 is 9.53 Å². The van der Waals surface area contributed by atoms with E-state index in [0.717, 1.165) is 6.54 Å². The fourth-order valence-electron chi connectivity index (χ4n) is 1.81. The van der Waals surface area contributed by atoms with Gasteiger partial charge in [-0.3, -0.25) is 4.79 Å². The maximum atomic E-state index is 11.4. The molecule has 0 heterocycles. The Balaban J connectivity index is 2.29. The molecular formula is C14H23N3O2. The number of nitrogen functional groups attached to an aromatic ring is 1. The Bertz CT molecular complexity index is 409. The number of likely N-dealkylation sites (N-methyl/N-ethyl adjacent to an activating group) is 1. The number of benzene rings is 1. The zero-order valence-electron chi connectivity index (χ0n) is 11.8. The molecule has 0 aliphatic carbocycles. The number of hydrogen-bond acceptors (Lipinski definition) is 4. The smallest absolute Gasteiger partial charge is 0.223 e. The lowest BCUT2D eigenvalue weighted by Gasteiger charge is -2.20. The highest BCUT2D eigenvalue weighted by Gasteiger charge is 2.13. The fourth-order valence-corrected chi connectivity index (χ4v) is 1.81. The Labute approximate surface area is 114 Å². The molecule has 1 aromatic carbocycles. The van der Waals surface area contributed by atoms with Crippen molar-refractivity contribution in [2.75, 3.05) is 39.5 Å². The lowest BCUT2D eigenvalue weighted by molar-refractivity contribution is -0.124.